The van der Waals surface area contributed by atoms with Crippen molar-refractivity contribution >= 4 is 17.7 Å². The number of benzene rings is 1. The number of piperidine rings is 1. The van der Waals surface area contributed by atoms with E-state index in [9.17, 15) is 14.4 Å². The van der Waals surface area contributed by atoms with Crippen LogP contribution in [0.2, 0.25) is 0 Å². The van der Waals surface area contributed by atoms with E-state index in [-0.39, 0.29) is 24.3 Å². The third-order valence-electron chi connectivity index (χ3n) is 4.61. The Morgan fingerprint density at radius 1 is 1.13 bits per heavy atom. The Labute approximate surface area is 135 Å². The van der Waals surface area contributed by atoms with Gasteiger partial charge in [0.15, 0.2) is 0 Å². The first-order chi connectivity index (χ1) is 11.1. The van der Waals surface area contributed by atoms with Crippen LogP contribution in [0.1, 0.15) is 33.6 Å². The number of carbonyl (C=O) groups excluding carboxylic acids is 3. The van der Waals surface area contributed by atoms with Gasteiger partial charge in [-0.15, -0.1) is 0 Å². The maximum Gasteiger partial charge on any atom is 0.262 e. The lowest BCUT2D eigenvalue weighted by Crippen LogP contribution is -2.43. The van der Waals surface area contributed by atoms with Crippen LogP contribution >= 0.6 is 0 Å². The minimum atomic E-state index is -0.389. The molecule has 0 atom stereocenters. The van der Waals surface area contributed by atoms with Crippen LogP contribution in [0.4, 0.5) is 0 Å². The van der Waals surface area contributed by atoms with Crippen molar-refractivity contribution < 1.29 is 14.4 Å². The second kappa shape index (κ2) is 6.50. The van der Waals surface area contributed by atoms with Gasteiger partial charge in [0, 0.05) is 6.54 Å². The molecular formula is C17H21N3O3. The maximum atomic E-state index is 12.2. The van der Waals surface area contributed by atoms with Crippen LogP contribution in [0.15, 0.2) is 24.3 Å². The van der Waals surface area contributed by atoms with Crippen LogP contribution in [0.5, 0.6) is 0 Å². The molecule has 0 unspecified atom stereocenters. The van der Waals surface area contributed by atoms with Crippen LogP contribution in [-0.4, -0.2) is 60.7 Å². The number of likely N-dealkylation sites (tertiary alicyclic amines) is 1. The highest BCUT2D eigenvalue weighted by Crippen LogP contribution is 2.22. The van der Waals surface area contributed by atoms with Crippen molar-refractivity contribution in [3.63, 3.8) is 0 Å². The van der Waals surface area contributed by atoms with E-state index in [1.54, 1.807) is 24.3 Å². The molecule has 0 radical (unpaired) electrons. The van der Waals surface area contributed by atoms with Gasteiger partial charge in [-0.3, -0.25) is 19.3 Å². The molecule has 1 fully saturated rings. The molecule has 6 nitrogen and oxygen atoms in total. The van der Waals surface area contributed by atoms with E-state index in [1.165, 1.54) is 0 Å². The monoisotopic (exact) mass is 315 g/mol. The molecule has 0 spiro atoms. The summed E-state index contributed by atoms with van der Waals surface area (Å²) in [5, 5.41) is 2.86. The summed E-state index contributed by atoms with van der Waals surface area (Å²) in [5.41, 5.74) is 0.751. The standard InChI is InChI=1S/C17H21N3O3/c1-19-8-6-12(7-9-19)10-18-15(21)11-20-16(22)13-4-2-3-5-14(13)17(20)23/h2-5,12H,6-11H2,1H3,(H,18,21). The fourth-order valence-electron chi connectivity index (χ4n) is 3.11. The Bertz CT molecular complexity index is 601. The minimum absolute atomic E-state index is 0.209. The predicted octanol–water partition coefficient (Wildman–Crippen LogP) is 0.741. The van der Waals surface area contributed by atoms with E-state index in [2.05, 4.69) is 17.3 Å². The Balaban J connectivity index is 1.53. The normalized spacial score (nSPS) is 19.1. The number of nitrogens with zero attached hydrogens (tertiary/aromatic N) is 2. The lowest BCUT2D eigenvalue weighted by molar-refractivity contribution is -0.121. The smallest absolute Gasteiger partial charge is 0.262 e. The van der Waals surface area contributed by atoms with Crippen molar-refractivity contribution in [2.24, 2.45) is 5.92 Å². The molecule has 2 heterocycles. The molecule has 2 aliphatic heterocycles. The first kappa shape index (κ1) is 15.7. The van der Waals surface area contributed by atoms with Crippen LogP contribution in [0, 0.1) is 5.92 Å². The van der Waals surface area contributed by atoms with Crippen LogP contribution < -0.4 is 5.32 Å². The highest BCUT2D eigenvalue weighted by atomic mass is 16.2. The van der Waals surface area contributed by atoms with E-state index in [0.29, 0.717) is 23.6 Å². The third-order valence-corrected chi connectivity index (χ3v) is 4.61. The summed E-state index contributed by atoms with van der Waals surface area (Å²) in [5.74, 6) is -0.587. The number of hydrogen-bond acceptors (Lipinski definition) is 4. The molecule has 1 aromatic rings. The van der Waals surface area contributed by atoms with Crippen molar-refractivity contribution in [2.75, 3.05) is 33.2 Å². The van der Waals surface area contributed by atoms with Gasteiger partial charge in [-0.05, 0) is 51.0 Å². The van der Waals surface area contributed by atoms with Crippen molar-refractivity contribution in [2.45, 2.75) is 12.8 Å². The average Bonchev–Trinajstić information content (AvgIpc) is 2.80. The van der Waals surface area contributed by atoms with E-state index >= 15 is 0 Å². The molecule has 2 aliphatic rings. The fourth-order valence-corrected chi connectivity index (χ4v) is 3.11. The maximum absolute atomic E-state index is 12.2. The number of imide groups is 1. The molecule has 0 saturated carbocycles. The molecule has 1 saturated heterocycles. The van der Waals surface area contributed by atoms with E-state index in [1.807, 2.05) is 0 Å². The summed E-state index contributed by atoms with van der Waals surface area (Å²) in [6, 6.07) is 6.67. The molecule has 3 rings (SSSR count). The van der Waals surface area contributed by atoms with Gasteiger partial charge in [-0.2, -0.15) is 0 Å². The molecule has 1 N–H and O–H groups in total. The molecule has 6 heteroatoms. The van der Waals surface area contributed by atoms with Crippen LogP contribution in [-0.2, 0) is 4.79 Å². The minimum Gasteiger partial charge on any atom is -0.354 e. The van der Waals surface area contributed by atoms with Gasteiger partial charge >= 0.3 is 0 Å². The van der Waals surface area contributed by atoms with Crippen molar-refractivity contribution in [3.05, 3.63) is 35.4 Å². The van der Waals surface area contributed by atoms with Gasteiger partial charge in [0.2, 0.25) is 5.91 Å². The molecule has 23 heavy (non-hydrogen) atoms. The molecule has 122 valence electrons. The van der Waals surface area contributed by atoms with E-state index < -0.39 is 0 Å². The van der Waals surface area contributed by atoms with Crippen LogP contribution in [0.25, 0.3) is 0 Å². The summed E-state index contributed by atoms with van der Waals surface area (Å²) >= 11 is 0. The van der Waals surface area contributed by atoms with E-state index in [0.717, 1.165) is 30.8 Å². The highest BCUT2D eigenvalue weighted by molar-refractivity contribution is 6.22. The number of fused-ring (bicyclic) bond motifs is 1. The molecule has 3 amide bonds. The summed E-state index contributed by atoms with van der Waals surface area (Å²) in [6.07, 6.45) is 2.12. The van der Waals surface area contributed by atoms with E-state index in [4.69, 9.17) is 0 Å². The second-order valence-corrected chi connectivity index (χ2v) is 6.29. The zero-order valence-electron chi connectivity index (χ0n) is 13.2. The average molecular weight is 315 g/mol. The predicted molar refractivity (Wildman–Crippen MR) is 85.0 cm³/mol. The number of hydrogen-bond donors (Lipinski definition) is 1. The van der Waals surface area contributed by atoms with Crippen molar-refractivity contribution in [3.8, 4) is 0 Å². The molecule has 0 aliphatic carbocycles. The number of carbonyl (C=O) groups is 3. The zero-order chi connectivity index (χ0) is 16.4. The second-order valence-electron chi connectivity index (χ2n) is 6.29. The largest absolute Gasteiger partial charge is 0.354 e. The first-order valence-corrected chi connectivity index (χ1v) is 7.96. The van der Waals surface area contributed by atoms with Gasteiger partial charge < -0.3 is 10.2 Å². The molecular weight excluding hydrogens is 294 g/mol. The Morgan fingerprint density at radius 2 is 1.70 bits per heavy atom. The zero-order valence-corrected chi connectivity index (χ0v) is 13.2. The highest BCUT2D eigenvalue weighted by Gasteiger charge is 2.36. The van der Waals surface area contributed by atoms with Crippen LogP contribution in [0.3, 0.4) is 0 Å². The SMILES string of the molecule is CN1CCC(CNC(=O)CN2C(=O)c3ccccc3C2=O)CC1. The Morgan fingerprint density at radius 3 is 2.26 bits per heavy atom. The Hall–Kier alpha value is -2.21. The van der Waals surface area contributed by atoms with Gasteiger partial charge in [-0.1, -0.05) is 12.1 Å². The lowest BCUT2D eigenvalue weighted by atomic mass is 9.97. The molecule has 0 aromatic heterocycles. The molecule has 0 bridgehead atoms. The fraction of sp³-hybridized carbons (Fsp3) is 0.471. The van der Waals surface area contributed by atoms with Gasteiger partial charge in [-0.25, -0.2) is 0 Å². The molecule has 1 aromatic carbocycles. The first-order valence-electron chi connectivity index (χ1n) is 7.96. The number of amides is 3. The van der Waals surface area contributed by atoms with Gasteiger partial charge in [0.25, 0.3) is 11.8 Å². The van der Waals surface area contributed by atoms with Crippen molar-refractivity contribution in [1.29, 1.82) is 0 Å². The number of rotatable bonds is 4. The summed E-state index contributed by atoms with van der Waals surface area (Å²) in [7, 11) is 2.09. The van der Waals surface area contributed by atoms with Gasteiger partial charge in [0.05, 0.1) is 11.1 Å². The Kier molecular flexibility index (Phi) is 4.43. The third kappa shape index (κ3) is 3.27. The van der Waals surface area contributed by atoms with Crippen molar-refractivity contribution in [1.82, 2.24) is 15.1 Å². The summed E-state index contributed by atoms with van der Waals surface area (Å²) < 4.78 is 0. The summed E-state index contributed by atoms with van der Waals surface area (Å²) in [6.45, 7) is 2.48. The number of nitrogens with one attached hydrogen (secondary N) is 1. The topological polar surface area (TPSA) is 69.7 Å². The lowest BCUT2D eigenvalue weighted by Gasteiger charge is -2.29. The summed E-state index contributed by atoms with van der Waals surface area (Å²) in [4.78, 5) is 39.8. The van der Waals surface area contributed by atoms with Gasteiger partial charge in [0.1, 0.15) is 6.54 Å². The quantitative estimate of drug-likeness (QED) is 0.832.